The molecule has 0 aromatic rings. The van der Waals surface area contributed by atoms with Gasteiger partial charge in [-0.05, 0) is 19.4 Å². The molecule has 0 bridgehead atoms. The Hall–Kier alpha value is -1.27. The van der Waals surface area contributed by atoms with Crippen molar-refractivity contribution in [3.8, 4) is 0 Å². The third kappa shape index (κ3) is 1.92. The van der Waals surface area contributed by atoms with Crippen LogP contribution in [-0.2, 0) is 0 Å². The number of allylic oxidation sites excluding steroid dienone is 3. The molecular weight excluding hydrogens is 124 g/mol. The molecule has 2 heteroatoms. The van der Waals surface area contributed by atoms with E-state index >= 15 is 0 Å². The lowest BCUT2D eigenvalue weighted by atomic mass is 10.3. The number of rotatable bonds is 0. The molecule has 0 spiro atoms. The second kappa shape index (κ2) is 3.04. The van der Waals surface area contributed by atoms with E-state index in [9.17, 15) is 0 Å². The van der Waals surface area contributed by atoms with E-state index in [1.807, 2.05) is 19.1 Å². The van der Waals surface area contributed by atoms with Crippen LogP contribution in [0.1, 0.15) is 13.3 Å². The first-order chi connectivity index (χ1) is 4.79. The minimum atomic E-state index is 0.720. The Labute approximate surface area is 60.5 Å². The van der Waals surface area contributed by atoms with Crippen molar-refractivity contribution in [1.29, 1.82) is 0 Å². The second-order valence-corrected chi connectivity index (χ2v) is 2.13. The molecule has 10 heavy (non-hydrogen) atoms. The summed E-state index contributed by atoms with van der Waals surface area (Å²) in [4.78, 5) is 4.02. The van der Waals surface area contributed by atoms with E-state index in [1.165, 1.54) is 0 Å². The fourth-order valence-electron chi connectivity index (χ4n) is 0.663. The van der Waals surface area contributed by atoms with E-state index in [4.69, 9.17) is 5.73 Å². The summed E-state index contributed by atoms with van der Waals surface area (Å²) in [5, 5.41) is 0. The first kappa shape index (κ1) is 6.84. The van der Waals surface area contributed by atoms with Gasteiger partial charge >= 0.3 is 0 Å². The Morgan fingerprint density at radius 2 is 2.50 bits per heavy atom. The van der Waals surface area contributed by atoms with Crippen molar-refractivity contribution in [2.45, 2.75) is 13.3 Å². The number of hydrogen-bond acceptors (Lipinski definition) is 2. The van der Waals surface area contributed by atoms with Crippen molar-refractivity contribution in [3.63, 3.8) is 0 Å². The van der Waals surface area contributed by atoms with Crippen LogP contribution in [0.4, 0.5) is 0 Å². The first-order valence-corrected chi connectivity index (χ1v) is 3.20. The molecule has 2 N–H and O–H groups in total. The van der Waals surface area contributed by atoms with Gasteiger partial charge < -0.3 is 5.73 Å². The highest BCUT2D eigenvalue weighted by atomic mass is 14.7. The van der Waals surface area contributed by atoms with Crippen LogP contribution in [0.3, 0.4) is 0 Å². The van der Waals surface area contributed by atoms with Crippen LogP contribution in [0, 0.1) is 0 Å². The summed E-state index contributed by atoms with van der Waals surface area (Å²) in [7, 11) is 0. The zero-order valence-electron chi connectivity index (χ0n) is 5.96. The Kier molecular flexibility index (Phi) is 2.08. The molecule has 0 unspecified atom stereocenters. The lowest BCUT2D eigenvalue weighted by molar-refractivity contribution is 1.26. The summed E-state index contributed by atoms with van der Waals surface area (Å²) in [5.41, 5.74) is 10.1. The number of aliphatic imine (C=N–C) groups is 1. The molecule has 0 atom stereocenters. The van der Waals surface area contributed by atoms with Crippen LogP contribution < -0.4 is 5.73 Å². The van der Waals surface area contributed by atoms with Crippen molar-refractivity contribution in [2.75, 3.05) is 0 Å². The predicted octanol–water partition coefficient (Wildman–Crippen LogP) is 1.36. The standard InChI is InChI=1S/C8H10N2/c1-7-4-2-3-5-8(9)6-10-7/h2,5-6H,3,9H2,1H3/b8-5+,10-6-. The van der Waals surface area contributed by atoms with Crippen LogP contribution in [0.5, 0.6) is 0 Å². The van der Waals surface area contributed by atoms with Gasteiger partial charge in [-0.1, -0.05) is 6.08 Å². The van der Waals surface area contributed by atoms with Crippen LogP contribution in [-0.4, -0.2) is 6.21 Å². The highest BCUT2D eigenvalue weighted by Crippen LogP contribution is 1.97. The van der Waals surface area contributed by atoms with E-state index in [2.05, 4.69) is 10.7 Å². The summed E-state index contributed by atoms with van der Waals surface area (Å²) in [6.45, 7) is 1.89. The lowest BCUT2D eigenvalue weighted by Gasteiger charge is -1.92. The van der Waals surface area contributed by atoms with Crippen molar-refractivity contribution in [1.82, 2.24) is 0 Å². The Morgan fingerprint density at radius 1 is 1.70 bits per heavy atom. The normalized spacial score (nSPS) is 25.7. The lowest BCUT2D eigenvalue weighted by Crippen LogP contribution is -1.98. The summed E-state index contributed by atoms with van der Waals surface area (Å²) in [5.74, 6) is 0. The molecule has 0 saturated heterocycles. The zero-order chi connectivity index (χ0) is 7.40. The summed E-state index contributed by atoms with van der Waals surface area (Å²) >= 11 is 0. The van der Waals surface area contributed by atoms with E-state index in [0.29, 0.717) is 0 Å². The third-order valence-electron chi connectivity index (χ3n) is 1.19. The monoisotopic (exact) mass is 134 g/mol. The fraction of sp³-hybridized carbons (Fsp3) is 0.250. The molecule has 52 valence electrons. The van der Waals surface area contributed by atoms with Gasteiger partial charge in [-0.3, -0.25) is 4.99 Å². The fourth-order valence-corrected chi connectivity index (χ4v) is 0.663. The van der Waals surface area contributed by atoms with Crippen LogP contribution in [0.25, 0.3) is 0 Å². The van der Waals surface area contributed by atoms with E-state index in [0.717, 1.165) is 17.8 Å². The predicted molar refractivity (Wildman–Crippen MR) is 42.6 cm³/mol. The van der Waals surface area contributed by atoms with Gasteiger partial charge in [-0.25, -0.2) is 0 Å². The molecule has 1 rings (SSSR count). The number of hydrogen-bond donors (Lipinski definition) is 1. The molecule has 0 fully saturated rings. The van der Waals surface area contributed by atoms with Gasteiger partial charge in [0, 0.05) is 5.70 Å². The van der Waals surface area contributed by atoms with Crippen molar-refractivity contribution in [2.24, 2.45) is 10.7 Å². The molecule has 0 aliphatic carbocycles. The molecule has 0 aromatic carbocycles. The summed E-state index contributed by atoms with van der Waals surface area (Å²) in [6.07, 6.45) is 6.31. The SMILES string of the molecule is CC1=C=CC/C=C(N)\C=N/1. The molecule has 0 saturated carbocycles. The van der Waals surface area contributed by atoms with Gasteiger partial charge in [0.15, 0.2) is 0 Å². The average Bonchev–Trinajstić information content (AvgIpc) is 1.90. The topological polar surface area (TPSA) is 38.4 Å². The maximum atomic E-state index is 5.52. The molecule has 0 aromatic heterocycles. The maximum Gasteiger partial charge on any atom is 0.0787 e. The second-order valence-electron chi connectivity index (χ2n) is 2.13. The highest BCUT2D eigenvalue weighted by Gasteiger charge is 1.85. The minimum absolute atomic E-state index is 0.720. The smallest absolute Gasteiger partial charge is 0.0787 e. The van der Waals surface area contributed by atoms with Gasteiger partial charge in [-0.2, -0.15) is 0 Å². The van der Waals surface area contributed by atoms with Crippen molar-refractivity contribution < 1.29 is 0 Å². The van der Waals surface area contributed by atoms with E-state index < -0.39 is 0 Å². The molecule has 0 amide bonds. The Morgan fingerprint density at radius 3 is 3.30 bits per heavy atom. The van der Waals surface area contributed by atoms with Crippen LogP contribution in [0.15, 0.2) is 34.3 Å². The molecule has 1 aliphatic heterocycles. The zero-order valence-corrected chi connectivity index (χ0v) is 5.96. The number of nitrogens with two attached hydrogens (primary N) is 1. The Bertz CT molecular complexity index is 240. The van der Waals surface area contributed by atoms with Crippen LogP contribution in [0.2, 0.25) is 0 Å². The molecule has 2 nitrogen and oxygen atoms in total. The largest absolute Gasteiger partial charge is 0.398 e. The molecular formula is C8H10N2. The quantitative estimate of drug-likeness (QED) is 0.499. The maximum absolute atomic E-state index is 5.52. The third-order valence-corrected chi connectivity index (χ3v) is 1.19. The van der Waals surface area contributed by atoms with Crippen molar-refractivity contribution in [3.05, 3.63) is 29.3 Å². The highest BCUT2D eigenvalue weighted by molar-refractivity contribution is 5.78. The van der Waals surface area contributed by atoms with Gasteiger partial charge in [0.1, 0.15) is 0 Å². The van der Waals surface area contributed by atoms with Crippen LogP contribution >= 0.6 is 0 Å². The van der Waals surface area contributed by atoms with Crippen molar-refractivity contribution >= 4 is 6.21 Å². The molecule has 0 radical (unpaired) electrons. The summed E-state index contributed by atoms with van der Waals surface area (Å²) in [6, 6.07) is 0. The molecule has 1 aliphatic rings. The first-order valence-electron chi connectivity index (χ1n) is 3.20. The van der Waals surface area contributed by atoms with Gasteiger partial charge in [-0.15, -0.1) is 5.73 Å². The minimum Gasteiger partial charge on any atom is -0.398 e. The van der Waals surface area contributed by atoms with E-state index in [1.54, 1.807) is 6.21 Å². The summed E-state index contributed by atoms with van der Waals surface area (Å²) < 4.78 is 0. The Balaban J connectivity index is 2.87. The average molecular weight is 134 g/mol. The van der Waals surface area contributed by atoms with Gasteiger partial charge in [0.25, 0.3) is 0 Å². The van der Waals surface area contributed by atoms with Gasteiger partial charge in [0.2, 0.25) is 0 Å². The van der Waals surface area contributed by atoms with Gasteiger partial charge in [0.05, 0.1) is 11.9 Å². The number of nitrogens with zero attached hydrogens (tertiary/aromatic N) is 1. The van der Waals surface area contributed by atoms with E-state index in [-0.39, 0.29) is 0 Å². The molecule has 1 heterocycles.